The van der Waals surface area contributed by atoms with Crippen LogP contribution in [0.1, 0.15) is 11.1 Å². The molecule has 0 amide bonds. The number of pyridine rings is 1. The predicted octanol–water partition coefficient (Wildman–Crippen LogP) is 3.29. The molecule has 1 heterocycles. The Kier molecular flexibility index (Phi) is 3.73. The van der Waals surface area contributed by atoms with Gasteiger partial charge in [0.15, 0.2) is 0 Å². The highest BCUT2D eigenvalue weighted by atomic mass is 79.9. The van der Waals surface area contributed by atoms with Gasteiger partial charge in [-0.25, -0.2) is 4.98 Å². The SMILES string of the molecule is N#Cc1ccnc(OCc2cccc(Br)c2)c1. The first kappa shape index (κ1) is 11.6. The molecule has 1 aromatic heterocycles. The van der Waals surface area contributed by atoms with Gasteiger partial charge < -0.3 is 4.74 Å². The third kappa shape index (κ3) is 3.30. The van der Waals surface area contributed by atoms with Crippen molar-refractivity contribution in [2.75, 3.05) is 0 Å². The summed E-state index contributed by atoms with van der Waals surface area (Å²) < 4.78 is 6.52. The second-order valence-corrected chi connectivity index (χ2v) is 4.33. The molecule has 0 bridgehead atoms. The van der Waals surface area contributed by atoms with E-state index >= 15 is 0 Å². The second kappa shape index (κ2) is 5.46. The van der Waals surface area contributed by atoms with Gasteiger partial charge >= 0.3 is 0 Å². The molecule has 3 nitrogen and oxygen atoms in total. The third-order valence-corrected chi connectivity index (χ3v) is 2.63. The summed E-state index contributed by atoms with van der Waals surface area (Å²) in [7, 11) is 0. The smallest absolute Gasteiger partial charge is 0.214 e. The Hall–Kier alpha value is -1.86. The van der Waals surface area contributed by atoms with E-state index in [1.807, 2.05) is 30.3 Å². The lowest BCUT2D eigenvalue weighted by atomic mass is 10.2. The van der Waals surface area contributed by atoms with E-state index in [0.29, 0.717) is 18.1 Å². The fraction of sp³-hybridized carbons (Fsp3) is 0.0769. The quantitative estimate of drug-likeness (QED) is 0.871. The van der Waals surface area contributed by atoms with Crippen molar-refractivity contribution in [2.24, 2.45) is 0 Å². The van der Waals surface area contributed by atoms with Crippen molar-refractivity contribution in [1.82, 2.24) is 4.98 Å². The lowest BCUT2D eigenvalue weighted by molar-refractivity contribution is 0.294. The average molecular weight is 289 g/mol. The number of rotatable bonds is 3. The zero-order valence-electron chi connectivity index (χ0n) is 8.93. The molecule has 0 unspecified atom stereocenters. The van der Waals surface area contributed by atoms with E-state index in [9.17, 15) is 0 Å². The van der Waals surface area contributed by atoms with Crippen molar-refractivity contribution in [1.29, 1.82) is 5.26 Å². The largest absolute Gasteiger partial charge is 0.473 e. The highest BCUT2D eigenvalue weighted by Gasteiger charge is 1.99. The second-order valence-electron chi connectivity index (χ2n) is 3.41. The van der Waals surface area contributed by atoms with Crippen LogP contribution in [0.5, 0.6) is 5.88 Å². The molecule has 2 aromatic rings. The Morgan fingerprint density at radius 3 is 2.94 bits per heavy atom. The number of halogens is 1. The van der Waals surface area contributed by atoms with E-state index in [-0.39, 0.29) is 0 Å². The minimum Gasteiger partial charge on any atom is -0.473 e. The lowest BCUT2D eigenvalue weighted by Gasteiger charge is -2.05. The molecule has 0 atom stereocenters. The lowest BCUT2D eigenvalue weighted by Crippen LogP contribution is -1.97. The molecule has 0 aliphatic rings. The van der Waals surface area contributed by atoms with E-state index < -0.39 is 0 Å². The van der Waals surface area contributed by atoms with Crippen LogP contribution in [-0.2, 0) is 6.61 Å². The minimum atomic E-state index is 0.432. The maximum absolute atomic E-state index is 8.74. The molecule has 1 aromatic carbocycles. The maximum Gasteiger partial charge on any atom is 0.214 e. The Morgan fingerprint density at radius 2 is 2.18 bits per heavy atom. The van der Waals surface area contributed by atoms with E-state index in [1.165, 1.54) is 0 Å². The first-order valence-corrected chi connectivity index (χ1v) is 5.80. The monoisotopic (exact) mass is 288 g/mol. The van der Waals surface area contributed by atoms with Gasteiger partial charge in [-0.15, -0.1) is 0 Å². The summed E-state index contributed by atoms with van der Waals surface area (Å²) in [5.41, 5.74) is 1.59. The van der Waals surface area contributed by atoms with Crippen molar-refractivity contribution in [3.63, 3.8) is 0 Å². The Morgan fingerprint density at radius 1 is 1.29 bits per heavy atom. The van der Waals surface area contributed by atoms with Gasteiger partial charge in [0.05, 0.1) is 11.6 Å². The molecule has 2 rings (SSSR count). The van der Waals surface area contributed by atoms with E-state index in [0.717, 1.165) is 10.0 Å². The zero-order chi connectivity index (χ0) is 12.1. The molecular weight excluding hydrogens is 280 g/mol. The highest BCUT2D eigenvalue weighted by molar-refractivity contribution is 9.10. The summed E-state index contributed by atoms with van der Waals surface area (Å²) in [5.74, 6) is 0.462. The van der Waals surface area contributed by atoms with Crippen molar-refractivity contribution in [3.05, 3.63) is 58.2 Å². The molecule has 0 fully saturated rings. The first-order chi connectivity index (χ1) is 8.28. The van der Waals surface area contributed by atoms with Crippen molar-refractivity contribution >= 4 is 15.9 Å². The molecule has 0 saturated heterocycles. The van der Waals surface area contributed by atoms with Crippen LogP contribution in [0.2, 0.25) is 0 Å². The van der Waals surface area contributed by atoms with E-state index in [1.54, 1.807) is 18.3 Å². The molecule has 4 heteroatoms. The number of aromatic nitrogens is 1. The van der Waals surface area contributed by atoms with Crippen LogP contribution in [-0.4, -0.2) is 4.98 Å². The Balaban J connectivity index is 2.05. The van der Waals surface area contributed by atoms with Gasteiger partial charge in [0, 0.05) is 16.7 Å². The number of nitrogens with zero attached hydrogens (tertiary/aromatic N) is 2. The van der Waals surface area contributed by atoms with Gasteiger partial charge in [-0.3, -0.25) is 0 Å². The van der Waals surface area contributed by atoms with Crippen LogP contribution in [0, 0.1) is 11.3 Å². The van der Waals surface area contributed by atoms with Crippen LogP contribution < -0.4 is 4.74 Å². The summed E-state index contributed by atoms with van der Waals surface area (Å²) in [6.07, 6.45) is 1.56. The number of ether oxygens (including phenoxy) is 1. The molecule has 0 aliphatic heterocycles. The molecular formula is C13H9BrN2O. The van der Waals surface area contributed by atoms with Gasteiger partial charge in [-0.1, -0.05) is 28.1 Å². The third-order valence-electron chi connectivity index (χ3n) is 2.14. The maximum atomic E-state index is 8.74. The summed E-state index contributed by atoms with van der Waals surface area (Å²) in [5, 5.41) is 8.74. The van der Waals surface area contributed by atoms with Crippen LogP contribution in [0.25, 0.3) is 0 Å². The number of hydrogen-bond acceptors (Lipinski definition) is 3. The first-order valence-electron chi connectivity index (χ1n) is 5.01. The van der Waals surface area contributed by atoms with Gasteiger partial charge in [-0.05, 0) is 23.8 Å². The minimum absolute atomic E-state index is 0.432. The Labute approximate surface area is 108 Å². The molecule has 17 heavy (non-hydrogen) atoms. The summed E-state index contributed by atoms with van der Waals surface area (Å²) >= 11 is 3.40. The number of benzene rings is 1. The summed E-state index contributed by atoms with van der Waals surface area (Å²) in [6.45, 7) is 0.432. The van der Waals surface area contributed by atoms with Gasteiger partial charge in [0.2, 0.25) is 5.88 Å². The standard InChI is InChI=1S/C13H9BrN2O/c14-12-3-1-2-11(6-12)9-17-13-7-10(8-15)4-5-16-13/h1-7H,9H2. The van der Waals surface area contributed by atoms with E-state index in [4.69, 9.17) is 10.00 Å². The van der Waals surface area contributed by atoms with Crippen LogP contribution in [0.3, 0.4) is 0 Å². The summed E-state index contributed by atoms with van der Waals surface area (Å²) in [6, 6.07) is 13.2. The predicted molar refractivity (Wildman–Crippen MR) is 67.4 cm³/mol. The fourth-order valence-corrected chi connectivity index (χ4v) is 1.79. The normalized spacial score (nSPS) is 9.65. The van der Waals surface area contributed by atoms with Crippen molar-refractivity contribution in [2.45, 2.75) is 6.61 Å². The van der Waals surface area contributed by atoms with Gasteiger partial charge in [-0.2, -0.15) is 5.26 Å². The van der Waals surface area contributed by atoms with Crippen molar-refractivity contribution in [3.8, 4) is 11.9 Å². The zero-order valence-corrected chi connectivity index (χ0v) is 10.5. The van der Waals surface area contributed by atoms with Gasteiger partial charge in [0.25, 0.3) is 0 Å². The van der Waals surface area contributed by atoms with Crippen LogP contribution >= 0.6 is 15.9 Å². The molecule has 0 aliphatic carbocycles. The van der Waals surface area contributed by atoms with Crippen molar-refractivity contribution < 1.29 is 4.74 Å². The van der Waals surface area contributed by atoms with Crippen LogP contribution in [0.4, 0.5) is 0 Å². The molecule has 0 spiro atoms. The number of hydrogen-bond donors (Lipinski definition) is 0. The average Bonchev–Trinajstić information content (AvgIpc) is 2.37. The molecule has 0 saturated carbocycles. The fourth-order valence-electron chi connectivity index (χ4n) is 1.34. The van der Waals surface area contributed by atoms with Gasteiger partial charge in [0.1, 0.15) is 6.61 Å². The topological polar surface area (TPSA) is 45.9 Å². The molecule has 0 radical (unpaired) electrons. The molecule has 0 N–H and O–H groups in total. The van der Waals surface area contributed by atoms with Crippen LogP contribution in [0.15, 0.2) is 47.1 Å². The summed E-state index contributed by atoms with van der Waals surface area (Å²) in [4.78, 5) is 4.04. The number of nitriles is 1. The highest BCUT2D eigenvalue weighted by Crippen LogP contribution is 2.14. The van der Waals surface area contributed by atoms with E-state index in [2.05, 4.69) is 20.9 Å². The Bertz CT molecular complexity index is 563. The molecule has 84 valence electrons.